The number of hydrogen-bond acceptors (Lipinski definition) is 5. The number of rotatable bonds is 4. The molecule has 0 spiro atoms. The van der Waals surface area contributed by atoms with Crippen LogP contribution in [0.3, 0.4) is 0 Å². The third-order valence-electron chi connectivity index (χ3n) is 9.23. The van der Waals surface area contributed by atoms with Crippen molar-refractivity contribution < 1.29 is 24.5 Å². The second kappa shape index (κ2) is 9.68. The van der Waals surface area contributed by atoms with Gasteiger partial charge in [0.2, 0.25) is 0 Å². The highest BCUT2D eigenvalue weighted by Crippen LogP contribution is 2.62. The smallest absolute Gasteiger partial charge is 0.305 e. The van der Waals surface area contributed by atoms with Crippen LogP contribution in [0.2, 0.25) is 0 Å². The summed E-state index contributed by atoms with van der Waals surface area (Å²) in [5.74, 6) is 1.75. The van der Waals surface area contributed by atoms with Gasteiger partial charge in [-0.1, -0.05) is 20.8 Å². The van der Waals surface area contributed by atoms with Crippen molar-refractivity contribution in [3.63, 3.8) is 0 Å². The topological polar surface area (TPSA) is 83.8 Å². The molecule has 3 fully saturated rings. The summed E-state index contributed by atoms with van der Waals surface area (Å²) in [5, 5.41) is 20.9. The van der Waals surface area contributed by atoms with Gasteiger partial charge in [-0.15, -0.1) is 0 Å². The summed E-state index contributed by atoms with van der Waals surface area (Å²) in [5.41, 5.74) is 0.0927. The zero-order valence-corrected chi connectivity index (χ0v) is 19.3. The third-order valence-corrected chi connectivity index (χ3v) is 9.23. The van der Waals surface area contributed by atoms with Crippen molar-refractivity contribution >= 4 is 11.8 Å². The molecule has 0 bridgehead atoms. The Kier molecular flexibility index (Phi) is 7.66. The van der Waals surface area contributed by atoms with Crippen LogP contribution in [0, 0.1) is 40.9 Å². The first kappa shape index (κ1) is 23.7. The molecule has 0 radical (unpaired) electrons. The van der Waals surface area contributed by atoms with E-state index in [1.165, 1.54) is 7.11 Å². The highest BCUT2D eigenvalue weighted by molar-refractivity contribution is 5.86. The zero-order valence-electron chi connectivity index (χ0n) is 19.3. The van der Waals surface area contributed by atoms with Gasteiger partial charge < -0.3 is 14.9 Å². The van der Waals surface area contributed by atoms with Crippen molar-refractivity contribution in [3.8, 4) is 0 Å². The van der Waals surface area contributed by atoms with E-state index in [-0.39, 0.29) is 23.1 Å². The van der Waals surface area contributed by atoms with Crippen molar-refractivity contribution in [2.24, 2.45) is 40.9 Å². The fraction of sp³-hybridized carbons (Fsp3) is 0.920. The van der Waals surface area contributed by atoms with Crippen molar-refractivity contribution in [1.82, 2.24) is 0 Å². The number of esters is 1. The van der Waals surface area contributed by atoms with E-state index in [4.69, 9.17) is 4.74 Å². The fourth-order valence-electron chi connectivity index (χ4n) is 7.37. The molecule has 0 aliphatic heterocycles. The molecular weight excluding hydrogens is 380 g/mol. The number of carbonyl (C=O) groups is 2. The summed E-state index contributed by atoms with van der Waals surface area (Å²) in [6, 6.07) is 0. The number of carbonyl (C=O) groups excluding carboxylic acids is 2. The van der Waals surface area contributed by atoms with Crippen LogP contribution >= 0.6 is 0 Å². The van der Waals surface area contributed by atoms with E-state index in [0.717, 1.165) is 44.9 Å². The van der Waals surface area contributed by atoms with Crippen LogP contribution in [-0.4, -0.2) is 41.3 Å². The molecule has 0 amide bonds. The molecule has 30 heavy (non-hydrogen) atoms. The van der Waals surface area contributed by atoms with Gasteiger partial charge in [0, 0.05) is 12.3 Å². The van der Waals surface area contributed by atoms with Gasteiger partial charge in [0.05, 0.1) is 13.2 Å². The molecule has 3 aliphatic rings. The molecule has 5 nitrogen and oxygen atoms in total. The Labute approximate surface area is 182 Å². The van der Waals surface area contributed by atoms with Crippen LogP contribution in [0.25, 0.3) is 0 Å². The van der Waals surface area contributed by atoms with Crippen LogP contribution < -0.4 is 0 Å². The summed E-state index contributed by atoms with van der Waals surface area (Å²) < 4.78 is 4.83. The minimum Gasteiger partial charge on any atom is -0.469 e. The molecular formula is C25H42O5. The van der Waals surface area contributed by atoms with Gasteiger partial charge in [0.25, 0.3) is 0 Å². The molecule has 0 aromatic carbocycles. The maximum atomic E-state index is 13.5. The zero-order chi connectivity index (χ0) is 22.1. The lowest BCUT2D eigenvalue weighted by Gasteiger charge is -2.51. The Morgan fingerprint density at radius 1 is 1.13 bits per heavy atom. The van der Waals surface area contributed by atoms with Crippen LogP contribution in [0.5, 0.6) is 0 Å². The van der Waals surface area contributed by atoms with Crippen LogP contribution in [-0.2, 0) is 14.3 Å². The number of ether oxygens (including phenoxy) is 1. The second-order valence-electron chi connectivity index (χ2n) is 10.8. The van der Waals surface area contributed by atoms with E-state index in [1.54, 1.807) is 0 Å². The van der Waals surface area contributed by atoms with Gasteiger partial charge >= 0.3 is 5.97 Å². The largest absolute Gasteiger partial charge is 0.469 e. The van der Waals surface area contributed by atoms with E-state index in [2.05, 4.69) is 20.8 Å². The fourth-order valence-corrected chi connectivity index (χ4v) is 7.37. The predicted molar refractivity (Wildman–Crippen MR) is 116 cm³/mol. The van der Waals surface area contributed by atoms with Gasteiger partial charge in [-0.25, -0.2) is 0 Å². The summed E-state index contributed by atoms with van der Waals surface area (Å²) in [6.45, 7) is 6.86. The van der Waals surface area contributed by atoms with Gasteiger partial charge in [-0.2, -0.15) is 0 Å². The Morgan fingerprint density at radius 3 is 2.53 bits per heavy atom. The number of hydrogen-bond donors (Lipinski definition) is 2. The van der Waals surface area contributed by atoms with Crippen molar-refractivity contribution in [2.75, 3.05) is 7.11 Å². The Balaban J connectivity index is 1.81. The Morgan fingerprint density at radius 2 is 1.83 bits per heavy atom. The van der Waals surface area contributed by atoms with E-state index in [9.17, 15) is 19.8 Å². The normalized spacial score (nSPS) is 43.4. The van der Waals surface area contributed by atoms with E-state index >= 15 is 0 Å². The Bertz CT molecular complexity index is 619. The van der Waals surface area contributed by atoms with Crippen LogP contribution in [0.1, 0.15) is 85.0 Å². The monoisotopic (exact) mass is 422 g/mol. The molecule has 172 valence electrons. The first-order chi connectivity index (χ1) is 14.2. The number of methoxy groups -OCH3 is 1. The number of fused-ring (bicyclic) bond motifs is 3. The number of Topliss-reactive ketones (excluding diaryl/α,β-unsaturated/α-hetero) is 1. The van der Waals surface area contributed by atoms with Crippen molar-refractivity contribution in [1.29, 1.82) is 0 Å². The maximum Gasteiger partial charge on any atom is 0.305 e. The molecule has 0 saturated heterocycles. The molecule has 3 rings (SSSR count). The van der Waals surface area contributed by atoms with Gasteiger partial charge in [-0.05, 0) is 92.8 Å². The molecule has 3 aliphatic carbocycles. The SMILES string of the molecule is COC(=O)CC[C@@H](C)[C@H]1CC[C@H]2C3C(=O)[C@H](O)CC[C@H](O)CC[C@H](C)[C@H]3CC[C@]12C. The minimum absolute atomic E-state index is 0.0275. The average Bonchev–Trinajstić information content (AvgIpc) is 3.08. The summed E-state index contributed by atoms with van der Waals surface area (Å²) in [7, 11) is 1.44. The van der Waals surface area contributed by atoms with Gasteiger partial charge in [0.1, 0.15) is 6.10 Å². The molecule has 0 aromatic heterocycles. The Hall–Kier alpha value is -0.940. The highest BCUT2D eigenvalue weighted by atomic mass is 16.5. The lowest BCUT2D eigenvalue weighted by Crippen LogP contribution is -2.50. The molecule has 0 aromatic rings. The molecule has 2 N–H and O–H groups in total. The summed E-state index contributed by atoms with van der Waals surface area (Å²) in [6.07, 6.45) is 6.80. The van der Waals surface area contributed by atoms with Gasteiger partial charge in [-0.3, -0.25) is 9.59 Å². The molecule has 9 atom stereocenters. The molecule has 1 unspecified atom stereocenters. The van der Waals surface area contributed by atoms with Crippen molar-refractivity contribution in [3.05, 3.63) is 0 Å². The summed E-state index contributed by atoms with van der Waals surface area (Å²) >= 11 is 0. The molecule has 5 heteroatoms. The van der Waals surface area contributed by atoms with Crippen molar-refractivity contribution in [2.45, 2.75) is 97.2 Å². The number of aliphatic hydroxyl groups is 2. The minimum atomic E-state index is -0.949. The predicted octanol–water partition coefficient (Wildman–Crippen LogP) is 4.14. The molecule has 0 heterocycles. The average molecular weight is 423 g/mol. The third kappa shape index (κ3) is 4.62. The van der Waals surface area contributed by atoms with Crippen LogP contribution in [0.4, 0.5) is 0 Å². The van der Waals surface area contributed by atoms with E-state index in [1.807, 2.05) is 0 Å². The molecule has 3 saturated carbocycles. The maximum absolute atomic E-state index is 13.5. The first-order valence-electron chi connectivity index (χ1n) is 12.2. The van der Waals surface area contributed by atoms with E-state index in [0.29, 0.717) is 48.9 Å². The number of ketones is 1. The van der Waals surface area contributed by atoms with Crippen LogP contribution in [0.15, 0.2) is 0 Å². The lowest BCUT2D eigenvalue weighted by atomic mass is 9.53. The quantitative estimate of drug-likeness (QED) is 0.666. The summed E-state index contributed by atoms with van der Waals surface area (Å²) in [4.78, 5) is 25.1. The highest BCUT2D eigenvalue weighted by Gasteiger charge is 2.57. The van der Waals surface area contributed by atoms with E-state index < -0.39 is 12.2 Å². The lowest BCUT2D eigenvalue weighted by molar-refractivity contribution is -0.144. The second-order valence-corrected chi connectivity index (χ2v) is 10.8. The number of aliphatic hydroxyl groups excluding tert-OH is 2. The van der Waals surface area contributed by atoms with Gasteiger partial charge in [0.15, 0.2) is 5.78 Å². The standard InChI is InChI=1S/C25H42O5/c1-15-5-7-17(26)8-11-21(27)24(29)23-18(15)13-14-25(3)19(9-10-20(23)25)16(2)6-12-22(28)30-4/h15-21,23,26-27H,5-14H2,1-4H3/t15-,16+,17+,18+,19+,20-,21+,23?,25+/m0/s1. The first-order valence-corrected chi connectivity index (χ1v) is 12.2.